The van der Waals surface area contributed by atoms with Crippen LogP contribution in [0.1, 0.15) is 47.4 Å². The van der Waals surface area contributed by atoms with Crippen molar-refractivity contribution in [2.75, 3.05) is 6.26 Å². The van der Waals surface area contributed by atoms with Gasteiger partial charge in [0.15, 0.2) is 0 Å². The maximum atomic E-state index is 14.0. The predicted octanol–water partition coefficient (Wildman–Crippen LogP) is 4.09. The topological polar surface area (TPSA) is 126 Å². The molecule has 9 nitrogen and oxygen atoms in total. The van der Waals surface area contributed by atoms with Crippen molar-refractivity contribution in [3.63, 3.8) is 0 Å². The van der Waals surface area contributed by atoms with Gasteiger partial charge in [0.1, 0.15) is 22.0 Å². The summed E-state index contributed by atoms with van der Waals surface area (Å²) in [5.74, 6) is -0.634. The number of nitrogens with one attached hydrogen (secondary N) is 3. The smallest absolute Gasteiger partial charge is 0.257 e. The Morgan fingerprint density at radius 1 is 1.17 bits per heavy atom. The lowest BCUT2D eigenvalue weighted by Crippen LogP contribution is -2.44. The lowest BCUT2D eigenvalue weighted by atomic mass is 9.91. The average molecular weight is 534 g/mol. The molecule has 1 fully saturated rings. The molecule has 0 radical (unpaired) electrons. The molecule has 1 saturated carbocycles. The number of amides is 1. The number of benzene rings is 1. The Morgan fingerprint density at radius 3 is 2.56 bits per heavy atom. The lowest BCUT2D eigenvalue weighted by molar-refractivity contribution is 0.0921. The molecule has 2 heterocycles. The van der Waals surface area contributed by atoms with Crippen LogP contribution in [0.15, 0.2) is 46.3 Å². The molecule has 12 heteroatoms. The third-order valence-electron chi connectivity index (χ3n) is 6.03. The molecule has 1 aromatic carbocycles. The SMILES string of the molecule is CSc1cccc(Oc2ncc(F)cc2C(=O)N[C@H]2CC[C@@H](NS(=O)(=O)c3c(C)n[nH]c3C)CC2)c1. The van der Waals surface area contributed by atoms with Crippen molar-refractivity contribution in [1.29, 1.82) is 0 Å². The van der Waals surface area contributed by atoms with Crippen LogP contribution in [0.2, 0.25) is 0 Å². The van der Waals surface area contributed by atoms with Crippen LogP contribution in [0.3, 0.4) is 0 Å². The fourth-order valence-corrected chi connectivity index (χ4v) is 6.41. The first kappa shape index (κ1) is 26.1. The van der Waals surface area contributed by atoms with Gasteiger partial charge in [0.2, 0.25) is 15.9 Å². The van der Waals surface area contributed by atoms with E-state index in [0.717, 1.165) is 17.2 Å². The molecule has 0 saturated heterocycles. The van der Waals surface area contributed by atoms with E-state index in [2.05, 4.69) is 25.2 Å². The number of H-pyrrole nitrogens is 1. The largest absolute Gasteiger partial charge is 0.438 e. The molecule has 0 atom stereocenters. The summed E-state index contributed by atoms with van der Waals surface area (Å²) in [5.41, 5.74) is 0.906. The zero-order chi connectivity index (χ0) is 25.9. The number of nitrogens with zero attached hydrogens (tertiary/aromatic N) is 2. The maximum absolute atomic E-state index is 14.0. The zero-order valence-electron chi connectivity index (χ0n) is 20.2. The number of hydrogen-bond acceptors (Lipinski definition) is 7. The van der Waals surface area contributed by atoms with Gasteiger partial charge in [-0.2, -0.15) is 5.10 Å². The van der Waals surface area contributed by atoms with E-state index in [1.165, 1.54) is 0 Å². The Kier molecular flexibility index (Phi) is 7.96. The van der Waals surface area contributed by atoms with E-state index >= 15 is 0 Å². The third-order valence-corrected chi connectivity index (χ3v) is 8.54. The second kappa shape index (κ2) is 11.0. The van der Waals surface area contributed by atoms with Gasteiger partial charge in [0, 0.05) is 17.0 Å². The predicted molar refractivity (Wildman–Crippen MR) is 134 cm³/mol. The van der Waals surface area contributed by atoms with Gasteiger partial charge < -0.3 is 10.1 Å². The summed E-state index contributed by atoms with van der Waals surface area (Å²) in [6, 6.07) is 7.96. The molecule has 3 N–H and O–H groups in total. The average Bonchev–Trinajstić information content (AvgIpc) is 3.20. The number of hydrogen-bond donors (Lipinski definition) is 3. The molecule has 0 unspecified atom stereocenters. The summed E-state index contributed by atoms with van der Waals surface area (Å²) >= 11 is 1.55. The molecule has 0 bridgehead atoms. The van der Waals surface area contributed by atoms with Gasteiger partial charge in [0.25, 0.3) is 5.91 Å². The molecule has 0 aliphatic heterocycles. The van der Waals surface area contributed by atoms with Crippen molar-refractivity contribution in [2.24, 2.45) is 0 Å². The standard InChI is InChI=1S/C24H28FN5O4S2/c1-14-22(15(2)29-28-14)36(32,33)30-18-9-7-17(8-10-18)27-23(31)21-11-16(25)13-26-24(21)34-19-5-4-6-20(12-19)35-3/h4-6,11-13,17-18,30H,7-10H2,1-3H3,(H,27,31)(H,28,29)/t17-,18+. The first-order valence-corrected chi connectivity index (χ1v) is 14.2. The van der Waals surface area contributed by atoms with Gasteiger partial charge in [-0.05, 0) is 70.1 Å². The number of carbonyl (C=O) groups excluding carboxylic acids is 1. The molecule has 0 spiro atoms. The van der Waals surface area contributed by atoms with E-state index in [1.54, 1.807) is 31.7 Å². The Morgan fingerprint density at radius 2 is 1.89 bits per heavy atom. The molecule has 4 rings (SSSR count). The molecular weight excluding hydrogens is 505 g/mol. The number of thioether (sulfide) groups is 1. The van der Waals surface area contributed by atoms with Gasteiger partial charge in [-0.25, -0.2) is 22.5 Å². The molecule has 2 aromatic heterocycles. The first-order valence-electron chi connectivity index (χ1n) is 11.5. The fourth-order valence-electron chi connectivity index (χ4n) is 4.28. The second-order valence-electron chi connectivity index (χ2n) is 8.69. The second-order valence-corrected chi connectivity index (χ2v) is 11.2. The Hall–Kier alpha value is -2.96. The van der Waals surface area contributed by atoms with E-state index in [1.807, 2.05) is 24.5 Å². The summed E-state index contributed by atoms with van der Waals surface area (Å²) in [5, 5.41) is 9.57. The van der Waals surface area contributed by atoms with Gasteiger partial charge in [-0.3, -0.25) is 9.89 Å². The quantitative estimate of drug-likeness (QED) is 0.372. The number of ether oxygens (including phenoxy) is 1. The van der Waals surface area contributed by atoms with Crippen molar-refractivity contribution in [1.82, 2.24) is 25.2 Å². The van der Waals surface area contributed by atoms with E-state index < -0.39 is 21.7 Å². The molecule has 192 valence electrons. The van der Waals surface area contributed by atoms with Crippen LogP contribution in [0.5, 0.6) is 11.6 Å². The van der Waals surface area contributed by atoms with Gasteiger partial charge in [-0.1, -0.05) is 6.07 Å². The number of halogens is 1. The number of carbonyl (C=O) groups is 1. The van der Waals surface area contributed by atoms with E-state index in [9.17, 15) is 17.6 Å². The van der Waals surface area contributed by atoms with Crippen LogP contribution >= 0.6 is 11.8 Å². The first-order chi connectivity index (χ1) is 17.2. The molecule has 36 heavy (non-hydrogen) atoms. The van der Waals surface area contributed by atoms with Gasteiger partial charge >= 0.3 is 0 Å². The highest BCUT2D eigenvalue weighted by atomic mass is 32.2. The molecular formula is C24H28FN5O4S2. The van der Waals surface area contributed by atoms with Crippen LogP contribution < -0.4 is 14.8 Å². The number of aryl methyl sites for hydroxylation is 2. The summed E-state index contributed by atoms with van der Waals surface area (Å²) in [6.07, 6.45) is 5.17. The Labute approximate surface area is 213 Å². The molecule has 1 amide bonds. The minimum atomic E-state index is -3.71. The van der Waals surface area contributed by atoms with Crippen molar-refractivity contribution >= 4 is 27.7 Å². The molecule has 3 aromatic rings. The third kappa shape index (κ3) is 6.05. The summed E-state index contributed by atoms with van der Waals surface area (Å²) in [4.78, 5) is 18.2. The minimum absolute atomic E-state index is 0.00158. The number of rotatable bonds is 8. The highest BCUT2D eigenvalue weighted by molar-refractivity contribution is 7.98. The fraction of sp³-hybridized carbons (Fsp3) is 0.375. The summed E-state index contributed by atoms with van der Waals surface area (Å²) in [6.45, 7) is 3.31. The van der Waals surface area contributed by atoms with E-state index in [0.29, 0.717) is 42.8 Å². The van der Waals surface area contributed by atoms with Crippen molar-refractivity contribution < 1.29 is 22.3 Å². The van der Waals surface area contributed by atoms with Crippen molar-refractivity contribution in [3.05, 3.63) is 59.3 Å². The highest BCUT2D eigenvalue weighted by Crippen LogP contribution is 2.28. The van der Waals surface area contributed by atoms with Crippen LogP contribution in [-0.4, -0.2) is 47.8 Å². The number of sulfonamides is 1. The minimum Gasteiger partial charge on any atom is -0.438 e. The van der Waals surface area contributed by atoms with Crippen LogP contribution in [0, 0.1) is 19.7 Å². The normalized spacial score (nSPS) is 18.1. The Balaban J connectivity index is 1.39. The summed E-state index contributed by atoms with van der Waals surface area (Å²) in [7, 11) is -3.71. The highest BCUT2D eigenvalue weighted by Gasteiger charge is 2.30. The maximum Gasteiger partial charge on any atom is 0.257 e. The number of pyridine rings is 1. The van der Waals surface area contributed by atoms with Crippen molar-refractivity contribution in [3.8, 4) is 11.6 Å². The van der Waals surface area contributed by atoms with Gasteiger partial charge in [0.05, 0.1) is 17.6 Å². The Bertz CT molecular complexity index is 1330. The van der Waals surface area contributed by atoms with Crippen LogP contribution in [0.4, 0.5) is 4.39 Å². The van der Waals surface area contributed by atoms with Crippen molar-refractivity contribution in [2.45, 2.75) is 61.4 Å². The molecule has 1 aliphatic carbocycles. The van der Waals surface area contributed by atoms with E-state index in [-0.39, 0.29) is 28.4 Å². The van der Waals surface area contributed by atoms with E-state index in [4.69, 9.17) is 4.74 Å². The van der Waals surface area contributed by atoms with Crippen LogP contribution in [0.25, 0.3) is 0 Å². The molecule has 1 aliphatic rings. The summed E-state index contributed by atoms with van der Waals surface area (Å²) < 4.78 is 48.1. The van der Waals surface area contributed by atoms with Gasteiger partial charge in [-0.15, -0.1) is 11.8 Å². The number of aromatic nitrogens is 3. The number of aromatic amines is 1. The zero-order valence-corrected chi connectivity index (χ0v) is 21.8. The monoisotopic (exact) mass is 533 g/mol. The lowest BCUT2D eigenvalue weighted by Gasteiger charge is -2.29. The van der Waals surface area contributed by atoms with Crippen LogP contribution in [-0.2, 0) is 10.0 Å².